The van der Waals surface area contributed by atoms with Crippen LogP contribution in [-0.4, -0.2) is 12.5 Å². The Morgan fingerprint density at radius 3 is 2.48 bits per heavy atom. The zero-order valence-corrected chi connectivity index (χ0v) is 20.4. The lowest BCUT2D eigenvalue weighted by atomic mass is 10.1. The first-order valence-electron chi connectivity index (χ1n) is 10.5. The van der Waals surface area contributed by atoms with E-state index < -0.39 is 5.91 Å². The first kappa shape index (κ1) is 24.1. The Labute approximate surface area is 202 Å². The van der Waals surface area contributed by atoms with Gasteiger partial charge in [-0.1, -0.05) is 42.0 Å². The zero-order valence-electron chi connectivity index (χ0n) is 18.8. The maximum atomic E-state index is 12.6. The summed E-state index contributed by atoms with van der Waals surface area (Å²) in [5.41, 5.74) is 4.51. The van der Waals surface area contributed by atoms with Crippen molar-refractivity contribution in [2.45, 2.75) is 27.4 Å². The first-order valence-corrected chi connectivity index (χ1v) is 11.3. The number of ether oxygens (including phenoxy) is 2. The molecule has 0 aliphatic heterocycles. The highest BCUT2D eigenvalue weighted by Gasteiger charge is 2.15. The summed E-state index contributed by atoms with van der Waals surface area (Å²) in [5.74, 6) is 0.621. The summed E-state index contributed by atoms with van der Waals surface area (Å²) in [5, 5.41) is 12.3. The van der Waals surface area contributed by atoms with Crippen LogP contribution in [0.1, 0.15) is 29.2 Å². The van der Waals surface area contributed by atoms with Gasteiger partial charge in [0.1, 0.15) is 18.2 Å². The third kappa shape index (κ3) is 6.71. The van der Waals surface area contributed by atoms with Crippen LogP contribution in [0.15, 0.2) is 70.7 Å². The topological polar surface area (TPSA) is 71.3 Å². The Morgan fingerprint density at radius 2 is 1.82 bits per heavy atom. The molecule has 0 spiro atoms. The number of anilines is 1. The normalized spacial score (nSPS) is 10.9. The predicted molar refractivity (Wildman–Crippen MR) is 134 cm³/mol. The largest absolute Gasteiger partial charge is 0.490 e. The number of hydrogen-bond donors (Lipinski definition) is 1. The van der Waals surface area contributed by atoms with Gasteiger partial charge in [0.25, 0.3) is 5.91 Å². The lowest BCUT2D eigenvalue weighted by Crippen LogP contribution is -2.13. The third-order valence-corrected chi connectivity index (χ3v) is 5.38. The quantitative estimate of drug-likeness (QED) is 0.277. The molecule has 5 nitrogen and oxygen atoms in total. The smallest absolute Gasteiger partial charge is 0.266 e. The minimum atomic E-state index is -0.475. The molecule has 0 aliphatic carbocycles. The van der Waals surface area contributed by atoms with Crippen molar-refractivity contribution in [1.29, 1.82) is 5.26 Å². The number of rotatable bonds is 8. The molecule has 6 heteroatoms. The fourth-order valence-corrected chi connectivity index (χ4v) is 3.72. The van der Waals surface area contributed by atoms with Gasteiger partial charge in [-0.3, -0.25) is 4.79 Å². The number of nitriles is 1. The standard InChI is InChI=1S/C27H25BrN2O3/c1-4-32-25-15-21(13-22(16-29)27(31)30-23-7-5-6-19(3)12-23)14-24(28)26(25)33-17-20-10-8-18(2)9-11-20/h5-15H,4,17H2,1-3H3,(H,30,31)/b22-13-. The molecule has 0 radical (unpaired) electrons. The molecule has 0 fully saturated rings. The lowest BCUT2D eigenvalue weighted by Gasteiger charge is -2.15. The fourth-order valence-electron chi connectivity index (χ4n) is 3.15. The van der Waals surface area contributed by atoms with E-state index in [9.17, 15) is 10.1 Å². The van der Waals surface area contributed by atoms with Gasteiger partial charge in [0.15, 0.2) is 11.5 Å². The van der Waals surface area contributed by atoms with Crippen molar-refractivity contribution >= 4 is 33.6 Å². The Morgan fingerprint density at radius 1 is 1.06 bits per heavy atom. The summed E-state index contributed by atoms with van der Waals surface area (Å²) in [6.07, 6.45) is 1.53. The average molecular weight is 505 g/mol. The maximum absolute atomic E-state index is 12.6. The number of benzene rings is 3. The molecular weight excluding hydrogens is 480 g/mol. The van der Waals surface area contributed by atoms with Crippen molar-refractivity contribution in [1.82, 2.24) is 0 Å². The summed E-state index contributed by atoms with van der Waals surface area (Å²) in [7, 11) is 0. The van der Waals surface area contributed by atoms with Gasteiger partial charge < -0.3 is 14.8 Å². The summed E-state index contributed by atoms with van der Waals surface area (Å²) >= 11 is 3.55. The monoisotopic (exact) mass is 504 g/mol. The summed E-state index contributed by atoms with van der Waals surface area (Å²) < 4.78 is 12.5. The van der Waals surface area contributed by atoms with Crippen LogP contribution in [0.5, 0.6) is 11.5 Å². The molecule has 0 heterocycles. The first-order chi connectivity index (χ1) is 15.9. The average Bonchev–Trinajstić information content (AvgIpc) is 2.78. The van der Waals surface area contributed by atoms with E-state index in [1.807, 2.05) is 69.3 Å². The second kappa shape index (κ2) is 11.3. The van der Waals surface area contributed by atoms with Crippen LogP contribution in [0, 0.1) is 25.2 Å². The molecule has 3 rings (SSSR count). The summed E-state index contributed by atoms with van der Waals surface area (Å²) in [6, 6.07) is 21.1. The minimum Gasteiger partial charge on any atom is -0.490 e. The van der Waals surface area contributed by atoms with E-state index in [0.29, 0.717) is 40.4 Å². The zero-order chi connectivity index (χ0) is 23.8. The molecule has 3 aromatic rings. The van der Waals surface area contributed by atoms with Crippen LogP contribution in [-0.2, 0) is 11.4 Å². The molecule has 1 N–H and O–H groups in total. The van der Waals surface area contributed by atoms with Gasteiger partial charge in [0.2, 0.25) is 0 Å². The summed E-state index contributed by atoms with van der Waals surface area (Å²) in [4.78, 5) is 12.6. The molecule has 0 aromatic heterocycles. The molecular formula is C27H25BrN2O3. The van der Waals surface area contributed by atoms with Crippen LogP contribution in [0.2, 0.25) is 0 Å². The van der Waals surface area contributed by atoms with Gasteiger partial charge in [-0.2, -0.15) is 5.26 Å². The fraction of sp³-hybridized carbons (Fsp3) is 0.185. The Kier molecular flexibility index (Phi) is 8.28. The van der Waals surface area contributed by atoms with Crippen molar-refractivity contribution in [3.8, 4) is 17.6 Å². The molecule has 168 valence electrons. The van der Waals surface area contributed by atoms with Crippen molar-refractivity contribution in [3.63, 3.8) is 0 Å². The maximum Gasteiger partial charge on any atom is 0.266 e. The second-order valence-electron chi connectivity index (χ2n) is 7.53. The third-order valence-electron chi connectivity index (χ3n) is 4.79. The number of nitrogens with one attached hydrogen (secondary N) is 1. The highest BCUT2D eigenvalue weighted by molar-refractivity contribution is 9.10. The Hall–Kier alpha value is -3.56. The number of carbonyl (C=O) groups is 1. The van der Waals surface area contributed by atoms with Gasteiger partial charge in [-0.05, 0) is 83.7 Å². The Balaban J connectivity index is 1.84. The van der Waals surface area contributed by atoms with Gasteiger partial charge in [-0.25, -0.2) is 0 Å². The molecule has 1 amide bonds. The van der Waals surface area contributed by atoms with Gasteiger partial charge in [0, 0.05) is 5.69 Å². The highest BCUT2D eigenvalue weighted by atomic mass is 79.9. The second-order valence-corrected chi connectivity index (χ2v) is 8.39. The number of aryl methyl sites for hydroxylation is 2. The van der Waals surface area contributed by atoms with Gasteiger partial charge in [-0.15, -0.1) is 0 Å². The minimum absolute atomic E-state index is 0.0146. The number of carbonyl (C=O) groups excluding carboxylic acids is 1. The number of amides is 1. The van der Waals surface area contributed by atoms with Crippen molar-refractivity contribution < 1.29 is 14.3 Å². The van der Waals surface area contributed by atoms with Crippen molar-refractivity contribution in [2.75, 3.05) is 11.9 Å². The van der Waals surface area contributed by atoms with E-state index in [2.05, 4.69) is 21.2 Å². The molecule has 0 bridgehead atoms. The van der Waals surface area contributed by atoms with Crippen LogP contribution in [0.25, 0.3) is 6.08 Å². The molecule has 3 aromatic carbocycles. The molecule has 0 aliphatic rings. The molecule has 0 unspecified atom stereocenters. The van der Waals surface area contributed by atoms with Crippen LogP contribution in [0.4, 0.5) is 5.69 Å². The van der Waals surface area contributed by atoms with E-state index in [-0.39, 0.29) is 5.57 Å². The number of hydrogen-bond acceptors (Lipinski definition) is 4. The lowest BCUT2D eigenvalue weighted by molar-refractivity contribution is -0.112. The van der Waals surface area contributed by atoms with Crippen molar-refractivity contribution in [3.05, 3.63) is 93.0 Å². The molecule has 33 heavy (non-hydrogen) atoms. The molecule has 0 saturated heterocycles. The Bertz CT molecular complexity index is 1210. The van der Waals surface area contributed by atoms with E-state index >= 15 is 0 Å². The van der Waals surface area contributed by atoms with Crippen LogP contribution in [0.3, 0.4) is 0 Å². The van der Waals surface area contributed by atoms with E-state index in [1.165, 1.54) is 11.6 Å². The van der Waals surface area contributed by atoms with E-state index in [4.69, 9.17) is 9.47 Å². The number of halogens is 1. The van der Waals surface area contributed by atoms with Gasteiger partial charge >= 0.3 is 0 Å². The highest BCUT2D eigenvalue weighted by Crippen LogP contribution is 2.38. The summed E-state index contributed by atoms with van der Waals surface area (Å²) in [6.45, 7) is 6.69. The SMILES string of the molecule is CCOc1cc(/C=C(/C#N)C(=O)Nc2cccc(C)c2)cc(Br)c1OCc1ccc(C)cc1. The van der Waals surface area contributed by atoms with E-state index in [1.54, 1.807) is 18.2 Å². The molecule has 0 saturated carbocycles. The van der Waals surface area contributed by atoms with Crippen LogP contribution < -0.4 is 14.8 Å². The number of nitrogens with zero attached hydrogens (tertiary/aromatic N) is 1. The van der Waals surface area contributed by atoms with E-state index in [0.717, 1.165) is 11.1 Å². The van der Waals surface area contributed by atoms with Crippen LogP contribution >= 0.6 is 15.9 Å². The van der Waals surface area contributed by atoms with Crippen molar-refractivity contribution in [2.24, 2.45) is 0 Å². The molecule has 0 atom stereocenters. The predicted octanol–water partition coefficient (Wildman–Crippen LogP) is 6.59. The van der Waals surface area contributed by atoms with Gasteiger partial charge in [0.05, 0.1) is 11.1 Å².